The Labute approximate surface area is 119 Å². The topological polar surface area (TPSA) is 112 Å². The number of carboxylic acid groups (broad SMARTS) is 1. The fourth-order valence-electron chi connectivity index (χ4n) is 2.11. The number of hydrogen-bond acceptors (Lipinski definition) is 6. The predicted molar refractivity (Wildman–Crippen MR) is 71.2 cm³/mol. The Morgan fingerprint density at radius 3 is 2.67 bits per heavy atom. The number of carboxylic acids is 1. The number of carbonyl (C=O) groups is 2. The summed E-state index contributed by atoms with van der Waals surface area (Å²) in [5.41, 5.74) is -1.93. The number of carbonyl (C=O) groups excluding carboxylic acids is 1. The number of nitrogens with zero attached hydrogens (tertiary/aromatic N) is 3. The summed E-state index contributed by atoms with van der Waals surface area (Å²) < 4.78 is 6.07. The van der Waals surface area contributed by atoms with Gasteiger partial charge in [-0.3, -0.25) is 19.3 Å². The molecule has 0 atom stereocenters. The van der Waals surface area contributed by atoms with Gasteiger partial charge in [0.05, 0.1) is 6.61 Å². The van der Waals surface area contributed by atoms with Crippen molar-refractivity contribution >= 4 is 11.9 Å². The van der Waals surface area contributed by atoms with Crippen LogP contribution in [0.5, 0.6) is 5.75 Å². The molecule has 0 radical (unpaired) electrons. The molecular formula is C12H15N3O6. The van der Waals surface area contributed by atoms with Crippen molar-refractivity contribution in [3.63, 3.8) is 0 Å². The Morgan fingerprint density at radius 1 is 1.43 bits per heavy atom. The molecule has 0 spiro atoms. The smallest absolute Gasteiger partial charge is 0.341 e. The van der Waals surface area contributed by atoms with Crippen LogP contribution in [0.2, 0.25) is 0 Å². The first kappa shape index (κ1) is 14.9. The van der Waals surface area contributed by atoms with Crippen molar-refractivity contribution < 1.29 is 24.5 Å². The van der Waals surface area contributed by atoms with Crippen molar-refractivity contribution in [2.45, 2.75) is 0 Å². The van der Waals surface area contributed by atoms with Gasteiger partial charge in [0.15, 0.2) is 11.4 Å². The second kappa shape index (κ2) is 5.44. The molecule has 1 aliphatic heterocycles. The quantitative estimate of drug-likeness (QED) is 0.723. The molecule has 9 heteroatoms. The van der Waals surface area contributed by atoms with Crippen LogP contribution < -0.4 is 10.4 Å². The Kier molecular flexibility index (Phi) is 3.85. The van der Waals surface area contributed by atoms with Crippen LogP contribution in [0.15, 0.2) is 11.0 Å². The van der Waals surface area contributed by atoms with Crippen LogP contribution in [0.1, 0.15) is 20.8 Å². The van der Waals surface area contributed by atoms with E-state index in [1.54, 1.807) is 7.05 Å². The SMILES string of the molecule is COCCN1CN(C)n2cc(C(=O)O)c(=O)c(O)c2C1=O. The van der Waals surface area contributed by atoms with E-state index in [2.05, 4.69) is 0 Å². The van der Waals surface area contributed by atoms with Gasteiger partial charge in [0.2, 0.25) is 5.43 Å². The fourth-order valence-corrected chi connectivity index (χ4v) is 2.11. The van der Waals surface area contributed by atoms with Gasteiger partial charge >= 0.3 is 5.97 Å². The first-order valence-corrected chi connectivity index (χ1v) is 6.10. The van der Waals surface area contributed by atoms with Crippen molar-refractivity contribution in [1.82, 2.24) is 9.58 Å². The number of hydrogen-bond donors (Lipinski definition) is 2. The number of aromatic hydroxyl groups is 1. The van der Waals surface area contributed by atoms with E-state index in [0.29, 0.717) is 6.61 Å². The van der Waals surface area contributed by atoms with E-state index in [4.69, 9.17) is 9.84 Å². The third kappa shape index (κ3) is 2.42. The summed E-state index contributed by atoms with van der Waals surface area (Å²) in [4.78, 5) is 36.5. The molecule has 0 aliphatic carbocycles. The summed E-state index contributed by atoms with van der Waals surface area (Å²) in [6.45, 7) is 0.766. The first-order chi connectivity index (χ1) is 9.88. The van der Waals surface area contributed by atoms with Crippen molar-refractivity contribution in [2.75, 3.05) is 39.0 Å². The summed E-state index contributed by atoms with van der Waals surface area (Å²) in [6, 6.07) is 0. The van der Waals surface area contributed by atoms with Crippen LogP contribution in [-0.4, -0.2) is 65.6 Å². The van der Waals surface area contributed by atoms with Crippen LogP contribution in [0.3, 0.4) is 0 Å². The third-order valence-electron chi connectivity index (χ3n) is 3.19. The van der Waals surface area contributed by atoms with Gasteiger partial charge < -0.3 is 19.8 Å². The average Bonchev–Trinajstić information content (AvgIpc) is 2.43. The van der Waals surface area contributed by atoms with Gasteiger partial charge in [0.1, 0.15) is 12.2 Å². The number of fused-ring (bicyclic) bond motifs is 1. The number of ether oxygens (including phenoxy) is 1. The molecule has 9 nitrogen and oxygen atoms in total. The largest absolute Gasteiger partial charge is 0.502 e. The minimum atomic E-state index is -1.46. The van der Waals surface area contributed by atoms with E-state index < -0.39 is 28.6 Å². The minimum Gasteiger partial charge on any atom is -0.502 e. The standard InChI is InChI=1S/C12H15N3O6/c1-13-6-14(3-4-21-2)11(18)8-10(17)9(16)7(12(19)20)5-15(8)13/h5,17H,3-4,6H2,1-2H3,(H,19,20). The molecule has 21 heavy (non-hydrogen) atoms. The van der Waals surface area contributed by atoms with Gasteiger partial charge in [-0.15, -0.1) is 0 Å². The lowest BCUT2D eigenvalue weighted by molar-refractivity contribution is 0.0622. The van der Waals surface area contributed by atoms with Gasteiger partial charge in [-0.2, -0.15) is 0 Å². The number of methoxy groups -OCH3 is 1. The molecule has 2 rings (SSSR count). The molecule has 2 N–H and O–H groups in total. The molecule has 0 aromatic carbocycles. The van der Waals surface area contributed by atoms with Gasteiger partial charge in [-0.05, 0) is 0 Å². The summed E-state index contributed by atoms with van der Waals surface area (Å²) >= 11 is 0. The number of aromatic nitrogens is 1. The molecule has 0 saturated heterocycles. The molecule has 1 aliphatic rings. The Balaban J connectivity index is 2.55. The second-order valence-electron chi connectivity index (χ2n) is 4.58. The first-order valence-electron chi connectivity index (χ1n) is 6.10. The maximum absolute atomic E-state index is 12.3. The third-order valence-corrected chi connectivity index (χ3v) is 3.19. The molecule has 0 saturated carbocycles. The highest BCUT2D eigenvalue weighted by Crippen LogP contribution is 2.20. The van der Waals surface area contributed by atoms with Crippen LogP contribution in [0.25, 0.3) is 0 Å². The van der Waals surface area contributed by atoms with Crippen molar-refractivity contribution in [1.29, 1.82) is 0 Å². The molecule has 1 aromatic rings. The lowest BCUT2D eigenvalue weighted by Gasteiger charge is -2.37. The Hall–Kier alpha value is -2.55. The normalized spacial score (nSPS) is 14.3. The zero-order chi connectivity index (χ0) is 15.7. The molecule has 114 valence electrons. The van der Waals surface area contributed by atoms with Crippen molar-refractivity contribution in [2.24, 2.45) is 0 Å². The second-order valence-corrected chi connectivity index (χ2v) is 4.58. The van der Waals surface area contributed by atoms with Crippen LogP contribution >= 0.6 is 0 Å². The highest BCUT2D eigenvalue weighted by Gasteiger charge is 2.32. The number of aromatic carboxylic acids is 1. The van der Waals surface area contributed by atoms with Gasteiger partial charge in [0.25, 0.3) is 5.91 Å². The average molecular weight is 297 g/mol. The summed E-state index contributed by atoms with van der Waals surface area (Å²) in [5.74, 6) is -2.89. The van der Waals surface area contributed by atoms with Gasteiger partial charge in [0, 0.05) is 26.9 Å². The van der Waals surface area contributed by atoms with E-state index in [1.165, 1.54) is 21.7 Å². The lowest BCUT2D eigenvalue weighted by atomic mass is 10.2. The number of amides is 1. The van der Waals surface area contributed by atoms with Crippen molar-refractivity contribution in [3.8, 4) is 5.75 Å². The van der Waals surface area contributed by atoms with Crippen LogP contribution in [0.4, 0.5) is 0 Å². The monoisotopic (exact) mass is 297 g/mol. The molecule has 1 amide bonds. The molecule has 0 unspecified atom stereocenters. The predicted octanol–water partition coefficient (Wildman–Crippen LogP) is -1.12. The number of rotatable bonds is 4. The van der Waals surface area contributed by atoms with E-state index in [1.807, 2.05) is 0 Å². The van der Waals surface area contributed by atoms with Gasteiger partial charge in [-0.1, -0.05) is 0 Å². The van der Waals surface area contributed by atoms with E-state index >= 15 is 0 Å². The maximum atomic E-state index is 12.3. The Morgan fingerprint density at radius 2 is 2.10 bits per heavy atom. The van der Waals surface area contributed by atoms with E-state index in [-0.39, 0.29) is 18.9 Å². The lowest BCUT2D eigenvalue weighted by Crippen LogP contribution is -2.53. The van der Waals surface area contributed by atoms with Gasteiger partial charge in [-0.25, -0.2) is 4.79 Å². The molecular weight excluding hydrogens is 282 g/mol. The summed E-state index contributed by atoms with van der Waals surface area (Å²) in [5, 5.41) is 20.4. The molecule has 0 bridgehead atoms. The van der Waals surface area contributed by atoms with Crippen LogP contribution in [0, 0.1) is 0 Å². The molecule has 1 aromatic heterocycles. The minimum absolute atomic E-state index is 0.177. The van der Waals surface area contributed by atoms with Crippen molar-refractivity contribution in [3.05, 3.63) is 27.7 Å². The zero-order valence-electron chi connectivity index (χ0n) is 11.6. The van der Waals surface area contributed by atoms with E-state index in [9.17, 15) is 19.5 Å². The molecule has 0 fully saturated rings. The summed E-state index contributed by atoms with van der Waals surface area (Å²) in [6.07, 6.45) is 1.03. The summed E-state index contributed by atoms with van der Waals surface area (Å²) in [7, 11) is 3.10. The maximum Gasteiger partial charge on any atom is 0.341 e. The Bertz CT molecular complexity index is 653. The van der Waals surface area contributed by atoms with Crippen LogP contribution in [-0.2, 0) is 4.74 Å². The van der Waals surface area contributed by atoms with E-state index in [0.717, 1.165) is 6.20 Å². The number of pyridine rings is 1. The highest BCUT2D eigenvalue weighted by atomic mass is 16.5. The fraction of sp³-hybridized carbons (Fsp3) is 0.417. The highest BCUT2D eigenvalue weighted by molar-refractivity contribution is 5.97. The zero-order valence-corrected chi connectivity index (χ0v) is 11.6. The molecule has 2 heterocycles.